The minimum absolute atomic E-state index is 0.144. The molecule has 1 atom stereocenters. The van der Waals surface area contributed by atoms with Crippen LogP contribution in [-0.4, -0.2) is 21.8 Å². The molecule has 0 spiro atoms. The van der Waals surface area contributed by atoms with Crippen molar-refractivity contribution in [3.05, 3.63) is 321 Å². The standard InChI is InChI=1S/C74H47N3O3/c1-45-27-30-51(31-28-45)74(50-21-11-4-12-22-50)65-39-57-55-33-29-46(35-47(44-75)72(79)80)36-63(55)71(78)64(57)38-58(65)59-40-67-60(41-66(59)74)61-43-70-62(42-68(61)73(67,48-17-7-2-8-18-48)49-19-9-3-10-20-49)56-34-32-54(37-69(56)76-70)77(52-23-13-5-14-24-52)53-25-15-6-16-26-53/h2-43,76H,1H3,(H,79,80)/b47-35+. The first kappa shape index (κ1) is 46.7. The maximum atomic E-state index is 14.9. The molecule has 0 aliphatic heterocycles. The molecule has 0 amide bonds. The van der Waals surface area contributed by atoms with Crippen LogP contribution >= 0.6 is 0 Å². The highest BCUT2D eigenvalue weighted by Crippen LogP contribution is 2.64. The zero-order valence-corrected chi connectivity index (χ0v) is 43.4. The number of carbonyl (C=O) groups is 2. The molecule has 11 aromatic carbocycles. The molecule has 1 aromatic heterocycles. The zero-order valence-electron chi connectivity index (χ0n) is 43.4. The number of para-hydroxylation sites is 2. The lowest BCUT2D eigenvalue weighted by Gasteiger charge is -2.35. The van der Waals surface area contributed by atoms with E-state index in [-0.39, 0.29) is 5.78 Å². The zero-order chi connectivity index (χ0) is 53.9. The van der Waals surface area contributed by atoms with Gasteiger partial charge in [0.25, 0.3) is 0 Å². The fourth-order valence-corrected chi connectivity index (χ4v) is 13.7. The summed E-state index contributed by atoms with van der Waals surface area (Å²) in [5.41, 5.74) is 20.9. The average Bonchev–Trinajstić information content (AvgIpc) is 2.59. The van der Waals surface area contributed by atoms with Crippen LogP contribution in [0.5, 0.6) is 0 Å². The molecule has 15 rings (SSSR count). The van der Waals surface area contributed by atoms with Crippen LogP contribution in [0.25, 0.3) is 61.3 Å². The highest BCUT2D eigenvalue weighted by Gasteiger charge is 2.52. The first-order valence-electron chi connectivity index (χ1n) is 26.9. The Kier molecular flexibility index (Phi) is 10.3. The maximum Gasteiger partial charge on any atom is 0.346 e. The van der Waals surface area contributed by atoms with Crippen LogP contribution in [0.3, 0.4) is 0 Å². The van der Waals surface area contributed by atoms with Crippen LogP contribution in [0.2, 0.25) is 0 Å². The van der Waals surface area contributed by atoms with E-state index >= 15 is 0 Å². The van der Waals surface area contributed by atoms with E-state index in [0.717, 1.165) is 117 Å². The smallest absolute Gasteiger partial charge is 0.346 e. The van der Waals surface area contributed by atoms with Crippen molar-refractivity contribution in [3.63, 3.8) is 0 Å². The Morgan fingerprint density at radius 1 is 0.450 bits per heavy atom. The maximum absolute atomic E-state index is 14.9. The second-order valence-corrected chi connectivity index (χ2v) is 21.3. The first-order chi connectivity index (χ1) is 39.2. The van der Waals surface area contributed by atoms with Crippen LogP contribution < -0.4 is 4.90 Å². The molecule has 2 N–H and O–H groups in total. The van der Waals surface area contributed by atoms with Gasteiger partial charge in [0.05, 0.1) is 10.8 Å². The number of H-pyrrole nitrogens is 1. The molecule has 3 aliphatic rings. The molecule has 80 heavy (non-hydrogen) atoms. The first-order valence-corrected chi connectivity index (χ1v) is 26.9. The van der Waals surface area contributed by atoms with Crippen molar-refractivity contribution in [1.82, 2.24) is 4.98 Å². The summed E-state index contributed by atoms with van der Waals surface area (Å²) in [7, 11) is 0. The van der Waals surface area contributed by atoms with E-state index in [2.05, 4.69) is 247 Å². The summed E-state index contributed by atoms with van der Waals surface area (Å²) >= 11 is 0. The van der Waals surface area contributed by atoms with E-state index in [1.807, 2.05) is 6.07 Å². The number of anilines is 3. The quantitative estimate of drug-likeness (QED) is 0.111. The van der Waals surface area contributed by atoms with E-state index in [9.17, 15) is 20.0 Å². The van der Waals surface area contributed by atoms with Crippen LogP contribution in [0, 0.1) is 18.3 Å². The number of ketones is 1. The summed E-state index contributed by atoms with van der Waals surface area (Å²) in [5.74, 6) is -1.46. The SMILES string of the molecule is Cc1ccc(C2(c3ccccc3)c3cc4c(cc3-c3cc5c(cc32)-c2cc3[nH]c6cc(N(c7ccccc7)c7ccccc7)ccc6c3cc2C5(c2ccccc2)c2ccccc2)C(=O)c2cc(/C=C(\C#N)C(=O)O)ccc2-4)cc1. The second kappa shape index (κ2) is 17.7. The number of benzene rings is 11. The van der Waals surface area contributed by atoms with Gasteiger partial charge in [0.1, 0.15) is 11.6 Å². The minimum Gasteiger partial charge on any atom is -0.477 e. The number of nitrogens with zero attached hydrogens (tertiary/aromatic N) is 2. The number of aromatic amines is 1. The van der Waals surface area contributed by atoms with Crippen LogP contribution in [-0.2, 0) is 15.6 Å². The van der Waals surface area contributed by atoms with Gasteiger partial charge in [-0.25, -0.2) is 4.79 Å². The second-order valence-electron chi connectivity index (χ2n) is 21.3. The number of aromatic nitrogens is 1. The Hall–Kier alpha value is -10.6. The number of rotatable bonds is 9. The number of fused-ring (bicyclic) bond motifs is 12. The van der Waals surface area contributed by atoms with Crippen molar-refractivity contribution in [2.45, 2.75) is 17.8 Å². The molecule has 12 aromatic rings. The van der Waals surface area contributed by atoms with Gasteiger partial charge < -0.3 is 15.0 Å². The highest BCUT2D eigenvalue weighted by molar-refractivity contribution is 6.23. The normalized spacial score (nSPS) is 15.2. The minimum atomic E-state index is -1.32. The lowest BCUT2D eigenvalue weighted by atomic mass is 9.65. The summed E-state index contributed by atoms with van der Waals surface area (Å²) < 4.78 is 0. The number of carboxylic acid groups (broad SMARTS) is 1. The summed E-state index contributed by atoms with van der Waals surface area (Å²) in [5, 5.41) is 21.6. The van der Waals surface area contributed by atoms with Crippen LogP contribution in [0.15, 0.2) is 254 Å². The number of carbonyl (C=O) groups excluding carboxylic acids is 1. The largest absolute Gasteiger partial charge is 0.477 e. The number of hydrogen-bond acceptors (Lipinski definition) is 4. The summed E-state index contributed by atoms with van der Waals surface area (Å²) in [4.78, 5) is 33.1. The van der Waals surface area contributed by atoms with Crippen molar-refractivity contribution in [2.75, 3.05) is 4.90 Å². The molecule has 0 saturated carbocycles. The van der Waals surface area contributed by atoms with Gasteiger partial charge in [0.2, 0.25) is 0 Å². The summed E-state index contributed by atoms with van der Waals surface area (Å²) in [6.07, 6.45) is 1.32. The van der Waals surface area contributed by atoms with Gasteiger partial charge in [-0.1, -0.05) is 175 Å². The predicted molar refractivity (Wildman–Crippen MR) is 320 cm³/mol. The van der Waals surface area contributed by atoms with E-state index in [0.29, 0.717) is 16.7 Å². The van der Waals surface area contributed by atoms with Gasteiger partial charge in [-0.05, 0) is 175 Å². The van der Waals surface area contributed by atoms with Crippen molar-refractivity contribution >= 4 is 56.7 Å². The predicted octanol–water partition coefficient (Wildman–Crippen LogP) is 17.0. The van der Waals surface area contributed by atoms with Gasteiger partial charge in [-0.15, -0.1) is 0 Å². The molecule has 0 bridgehead atoms. The summed E-state index contributed by atoms with van der Waals surface area (Å²) in [6, 6.07) is 90.6. The molecule has 0 saturated heterocycles. The van der Waals surface area contributed by atoms with E-state index in [1.54, 1.807) is 18.2 Å². The van der Waals surface area contributed by atoms with Crippen molar-refractivity contribution in [1.29, 1.82) is 5.26 Å². The Balaban J connectivity index is 1.02. The number of aryl methyl sites for hydroxylation is 1. The molecule has 376 valence electrons. The van der Waals surface area contributed by atoms with Gasteiger partial charge >= 0.3 is 5.97 Å². The third-order valence-electron chi connectivity index (χ3n) is 17.1. The molecular formula is C74H47N3O3. The topological polar surface area (TPSA) is 97.2 Å². The number of nitrogens with one attached hydrogen (secondary N) is 1. The average molecular weight is 1030 g/mol. The molecule has 1 heterocycles. The molecule has 0 fully saturated rings. The Labute approximate surface area is 462 Å². The summed E-state index contributed by atoms with van der Waals surface area (Å²) in [6.45, 7) is 2.12. The number of aliphatic carboxylic acids is 1. The fraction of sp³-hybridized carbons (Fsp3) is 0.0405. The van der Waals surface area contributed by atoms with E-state index < -0.39 is 22.4 Å². The lowest BCUT2D eigenvalue weighted by molar-refractivity contribution is -0.132. The third kappa shape index (κ3) is 6.65. The van der Waals surface area contributed by atoms with Crippen molar-refractivity contribution in [2.24, 2.45) is 0 Å². The Morgan fingerprint density at radius 3 is 1.45 bits per heavy atom. The van der Waals surface area contributed by atoms with Crippen LogP contribution in [0.1, 0.15) is 71.6 Å². The molecule has 6 nitrogen and oxygen atoms in total. The molecular weight excluding hydrogens is 979 g/mol. The lowest BCUT2D eigenvalue weighted by Crippen LogP contribution is -2.30. The number of nitriles is 1. The number of hydrogen-bond donors (Lipinski definition) is 2. The van der Waals surface area contributed by atoms with Crippen LogP contribution in [0.4, 0.5) is 17.1 Å². The van der Waals surface area contributed by atoms with Gasteiger partial charge in [0, 0.05) is 50.0 Å². The van der Waals surface area contributed by atoms with Crippen molar-refractivity contribution in [3.8, 4) is 39.4 Å². The monoisotopic (exact) mass is 1030 g/mol. The molecule has 0 radical (unpaired) electrons. The van der Waals surface area contributed by atoms with E-state index in [4.69, 9.17) is 0 Å². The fourth-order valence-electron chi connectivity index (χ4n) is 13.7. The van der Waals surface area contributed by atoms with Crippen molar-refractivity contribution < 1.29 is 14.7 Å². The third-order valence-corrected chi connectivity index (χ3v) is 17.1. The van der Waals surface area contributed by atoms with Gasteiger partial charge in [-0.2, -0.15) is 5.26 Å². The Bertz CT molecular complexity index is 4560. The van der Waals surface area contributed by atoms with Gasteiger partial charge in [0.15, 0.2) is 5.78 Å². The Morgan fingerprint density at radius 2 is 0.912 bits per heavy atom. The molecule has 1 unspecified atom stereocenters. The highest BCUT2D eigenvalue weighted by atomic mass is 16.4. The molecule has 3 aliphatic carbocycles. The van der Waals surface area contributed by atoms with Gasteiger partial charge in [-0.3, -0.25) is 4.79 Å². The van der Waals surface area contributed by atoms with E-state index in [1.165, 1.54) is 11.6 Å². The number of carboxylic acids is 1. The molecule has 6 heteroatoms.